The van der Waals surface area contributed by atoms with E-state index >= 15 is 0 Å². The molecule has 2 aromatic heterocycles. The summed E-state index contributed by atoms with van der Waals surface area (Å²) in [5.74, 6) is 1.78. The molecule has 0 spiro atoms. The molecule has 0 unspecified atom stereocenters. The van der Waals surface area contributed by atoms with Crippen LogP contribution in [0.1, 0.15) is 23.2 Å². The highest BCUT2D eigenvalue weighted by molar-refractivity contribution is 9.10. The van der Waals surface area contributed by atoms with Crippen LogP contribution in [0.2, 0.25) is 0 Å². The fourth-order valence-corrected chi connectivity index (χ4v) is 2.89. The minimum Gasteiger partial charge on any atom is -0.497 e. The van der Waals surface area contributed by atoms with Gasteiger partial charge in [0.25, 0.3) is 5.91 Å². The number of nitrogens with zero attached hydrogens (tertiary/aromatic N) is 3. The quantitative estimate of drug-likeness (QED) is 0.662. The molecule has 0 radical (unpaired) electrons. The number of benzene rings is 1. The Bertz CT molecular complexity index is 870. The molecule has 0 fully saturated rings. The molecule has 3 aromatic rings. The lowest BCUT2D eigenvalue weighted by Crippen LogP contribution is -2.25. The van der Waals surface area contributed by atoms with Gasteiger partial charge < -0.3 is 14.6 Å². The summed E-state index contributed by atoms with van der Waals surface area (Å²) in [4.78, 5) is 16.7. The summed E-state index contributed by atoms with van der Waals surface area (Å²) >= 11 is 3.39. The smallest absolute Gasteiger partial charge is 0.268 e. The van der Waals surface area contributed by atoms with E-state index in [4.69, 9.17) is 4.74 Å². The van der Waals surface area contributed by atoms with Gasteiger partial charge in [-0.2, -0.15) is 5.10 Å². The number of carbonyl (C=O) groups is 1. The molecule has 0 aliphatic heterocycles. The molecule has 0 bridgehead atoms. The molecule has 7 nitrogen and oxygen atoms in total. The average molecular weight is 404 g/mol. The topological polar surface area (TPSA) is 84.8 Å². The van der Waals surface area contributed by atoms with Crippen molar-refractivity contribution < 1.29 is 9.53 Å². The SMILES string of the molecule is CCn1cc(Br)cc1C(=O)NCc1nc(-c2ccc(OC)cc2)n[nH]1. The fourth-order valence-electron chi connectivity index (χ4n) is 2.42. The Balaban J connectivity index is 1.66. The second-order valence-electron chi connectivity index (χ2n) is 5.35. The zero-order valence-electron chi connectivity index (χ0n) is 13.9. The first-order chi connectivity index (χ1) is 12.1. The van der Waals surface area contributed by atoms with Gasteiger partial charge in [-0.1, -0.05) is 0 Å². The van der Waals surface area contributed by atoms with Gasteiger partial charge in [0.15, 0.2) is 5.82 Å². The number of amides is 1. The van der Waals surface area contributed by atoms with E-state index in [1.54, 1.807) is 13.2 Å². The first-order valence-electron chi connectivity index (χ1n) is 7.80. The number of methoxy groups -OCH3 is 1. The van der Waals surface area contributed by atoms with Gasteiger partial charge in [0.2, 0.25) is 0 Å². The van der Waals surface area contributed by atoms with Gasteiger partial charge in [0, 0.05) is 22.8 Å². The van der Waals surface area contributed by atoms with Crippen molar-refractivity contribution in [2.45, 2.75) is 20.0 Å². The molecular formula is C17H18BrN5O2. The number of rotatable bonds is 6. The van der Waals surface area contributed by atoms with E-state index in [1.807, 2.05) is 42.0 Å². The molecule has 0 saturated carbocycles. The van der Waals surface area contributed by atoms with E-state index in [1.165, 1.54) is 0 Å². The molecular weight excluding hydrogens is 386 g/mol. The van der Waals surface area contributed by atoms with Gasteiger partial charge in [-0.3, -0.25) is 9.89 Å². The van der Waals surface area contributed by atoms with Crippen molar-refractivity contribution in [3.8, 4) is 17.1 Å². The van der Waals surface area contributed by atoms with Crippen LogP contribution in [0.3, 0.4) is 0 Å². The number of aryl methyl sites for hydroxylation is 1. The lowest BCUT2D eigenvalue weighted by atomic mass is 10.2. The second kappa shape index (κ2) is 7.52. The maximum atomic E-state index is 12.3. The number of hydrogen-bond acceptors (Lipinski definition) is 4. The fraction of sp³-hybridized carbons (Fsp3) is 0.235. The molecule has 0 aliphatic rings. The van der Waals surface area contributed by atoms with Gasteiger partial charge in [-0.15, -0.1) is 0 Å². The highest BCUT2D eigenvalue weighted by Gasteiger charge is 2.13. The molecule has 1 aromatic carbocycles. The number of aromatic amines is 1. The highest BCUT2D eigenvalue weighted by atomic mass is 79.9. The third-order valence-electron chi connectivity index (χ3n) is 3.73. The number of ether oxygens (including phenoxy) is 1. The summed E-state index contributed by atoms with van der Waals surface area (Å²) in [5, 5.41) is 9.89. The van der Waals surface area contributed by atoms with E-state index in [-0.39, 0.29) is 12.5 Å². The predicted molar refractivity (Wildman–Crippen MR) is 97.3 cm³/mol. The summed E-state index contributed by atoms with van der Waals surface area (Å²) in [6.45, 7) is 2.98. The normalized spacial score (nSPS) is 10.7. The van der Waals surface area contributed by atoms with Crippen LogP contribution in [0.5, 0.6) is 5.75 Å². The monoisotopic (exact) mass is 403 g/mol. The summed E-state index contributed by atoms with van der Waals surface area (Å²) < 4.78 is 7.89. The van der Waals surface area contributed by atoms with Gasteiger partial charge in [0.1, 0.15) is 17.3 Å². The minimum atomic E-state index is -0.157. The molecule has 25 heavy (non-hydrogen) atoms. The van der Waals surface area contributed by atoms with Crippen LogP contribution in [0.15, 0.2) is 41.0 Å². The Labute approximate surface area is 153 Å². The van der Waals surface area contributed by atoms with E-state index in [0.717, 1.165) is 22.3 Å². The van der Waals surface area contributed by atoms with Crippen molar-refractivity contribution in [2.24, 2.45) is 0 Å². The van der Waals surface area contributed by atoms with Gasteiger partial charge in [0.05, 0.1) is 13.7 Å². The number of aromatic nitrogens is 4. The molecule has 8 heteroatoms. The summed E-state index contributed by atoms with van der Waals surface area (Å²) in [5.41, 5.74) is 1.47. The Morgan fingerprint density at radius 1 is 1.36 bits per heavy atom. The molecule has 0 atom stereocenters. The van der Waals surface area contributed by atoms with Crippen LogP contribution in [0.25, 0.3) is 11.4 Å². The first kappa shape index (κ1) is 17.2. The molecule has 0 aliphatic carbocycles. The third-order valence-corrected chi connectivity index (χ3v) is 4.17. The van der Waals surface area contributed by atoms with Crippen molar-refractivity contribution in [3.63, 3.8) is 0 Å². The van der Waals surface area contributed by atoms with Gasteiger partial charge in [-0.25, -0.2) is 4.98 Å². The molecule has 2 N–H and O–H groups in total. The van der Waals surface area contributed by atoms with Crippen LogP contribution < -0.4 is 10.1 Å². The first-order valence-corrected chi connectivity index (χ1v) is 8.59. The van der Waals surface area contributed by atoms with E-state index in [0.29, 0.717) is 17.3 Å². The Morgan fingerprint density at radius 3 is 2.80 bits per heavy atom. The zero-order valence-corrected chi connectivity index (χ0v) is 15.5. The van der Waals surface area contributed by atoms with Crippen molar-refractivity contribution >= 4 is 21.8 Å². The molecule has 0 saturated heterocycles. The van der Waals surface area contributed by atoms with Crippen LogP contribution in [0, 0.1) is 0 Å². The Kier molecular flexibility index (Phi) is 5.18. The standard InChI is InChI=1S/C17H18BrN5O2/c1-3-23-10-12(18)8-14(23)17(24)19-9-15-20-16(22-21-15)11-4-6-13(25-2)7-5-11/h4-8,10H,3,9H2,1-2H3,(H,19,24)(H,20,21,22). The maximum absolute atomic E-state index is 12.3. The molecule has 2 heterocycles. The van der Waals surface area contributed by atoms with Crippen LogP contribution in [-0.4, -0.2) is 32.8 Å². The maximum Gasteiger partial charge on any atom is 0.268 e. The van der Waals surface area contributed by atoms with Gasteiger partial charge >= 0.3 is 0 Å². The largest absolute Gasteiger partial charge is 0.497 e. The Morgan fingerprint density at radius 2 is 2.12 bits per heavy atom. The lowest BCUT2D eigenvalue weighted by molar-refractivity contribution is 0.0940. The predicted octanol–water partition coefficient (Wildman–Crippen LogP) is 2.99. The average Bonchev–Trinajstić information content (AvgIpc) is 3.26. The third kappa shape index (κ3) is 3.90. The van der Waals surface area contributed by atoms with E-state index in [2.05, 4.69) is 36.4 Å². The zero-order chi connectivity index (χ0) is 17.8. The van der Waals surface area contributed by atoms with Crippen molar-refractivity contribution in [1.82, 2.24) is 25.1 Å². The number of hydrogen-bond donors (Lipinski definition) is 2. The van der Waals surface area contributed by atoms with Crippen molar-refractivity contribution in [3.05, 3.63) is 52.5 Å². The second-order valence-corrected chi connectivity index (χ2v) is 6.26. The molecule has 1 amide bonds. The number of carbonyl (C=O) groups excluding carboxylic acids is 1. The van der Waals surface area contributed by atoms with Crippen LogP contribution >= 0.6 is 15.9 Å². The Hall–Kier alpha value is -2.61. The molecule has 130 valence electrons. The minimum absolute atomic E-state index is 0.157. The van der Waals surface area contributed by atoms with E-state index in [9.17, 15) is 4.79 Å². The van der Waals surface area contributed by atoms with Crippen molar-refractivity contribution in [2.75, 3.05) is 7.11 Å². The summed E-state index contributed by atoms with van der Waals surface area (Å²) in [7, 11) is 1.62. The van der Waals surface area contributed by atoms with Crippen LogP contribution in [0.4, 0.5) is 0 Å². The lowest BCUT2D eigenvalue weighted by Gasteiger charge is -2.06. The highest BCUT2D eigenvalue weighted by Crippen LogP contribution is 2.19. The summed E-state index contributed by atoms with van der Waals surface area (Å²) in [6, 6.07) is 9.27. The van der Waals surface area contributed by atoms with E-state index < -0.39 is 0 Å². The van der Waals surface area contributed by atoms with Crippen LogP contribution in [-0.2, 0) is 13.1 Å². The van der Waals surface area contributed by atoms with Gasteiger partial charge in [-0.05, 0) is 53.2 Å². The molecule has 3 rings (SSSR count). The number of H-pyrrole nitrogens is 1. The number of nitrogens with one attached hydrogen (secondary N) is 2. The number of halogens is 1. The van der Waals surface area contributed by atoms with Crippen molar-refractivity contribution in [1.29, 1.82) is 0 Å². The summed E-state index contributed by atoms with van der Waals surface area (Å²) in [6.07, 6.45) is 1.88.